The van der Waals surface area contributed by atoms with Crippen LogP contribution in [0.15, 0.2) is 30.9 Å². The number of aromatic nitrogens is 2. The zero-order valence-corrected chi connectivity index (χ0v) is 8.97. The third kappa shape index (κ3) is 2.39. The van der Waals surface area contributed by atoms with E-state index in [1.807, 2.05) is 22.9 Å². The van der Waals surface area contributed by atoms with Crippen LogP contribution in [-0.2, 0) is 11.2 Å². The van der Waals surface area contributed by atoms with Crippen LogP contribution in [-0.4, -0.2) is 20.5 Å². The second-order valence-corrected chi connectivity index (χ2v) is 3.82. The summed E-state index contributed by atoms with van der Waals surface area (Å²) in [4.78, 5) is 14.5. The van der Waals surface area contributed by atoms with Crippen LogP contribution < -0.4 is 0 Å². The van der Waals surface area contributed by atoms with Gasteiger partial charge in [-0.05, 0) is 30.9 Å². The number of unbranched alkanes of at least 4 members (excludes halogenated alkanes) is 1. The fourth-order valence-electron chi connectivity index (χ4n) is 1.81. The Bertz CT molecular complexity index is 490. The zero-order valence-electron chi connectivity index (χ0n) is 8.97. The molecule has 0 aromatic carbocycles. The molecule has 2 aromatic heterocycles. The number of carboxylic acid groups (broad SMARTS) is 1. The molecule has 2 heterocycles. The Kier molecular flexibility index (Phi) is 3.19. The number of aryl methyl sites for hydroxylation is 1. The van der Waals surface area contributed by atoms with Gasteiger partial charge in [-0.15, -0.1) is 0 Å². The van der Waals surface area contributed by atoms with E-state index in [1.54, 1.807) is 6.33 Å². The molecule has 2 rings (SSSR count). The third-order valence-corrected chi connectivity index (χ3v) is 2.63. The molecule has 0 radical (unpaired) electrons. The Morgan fingerprint density at radius 3 is 3.12 bits per heavy atom. The fraction of sp³-hybridized carbons (Fsp3) is 0.333. The lowest BCUT2D eigenvalue weighted by Crippen LogP contribution is -1.96. The minimum Gasteiger partial charge on any atom is -0.481 e. The van der Waals surface area contributed by atoms with Crippen molar-refractivity contribution in [3.63, 3.8) is 0 Å². The van der Waals surface area contributed by atoms with Crippen molar-refractivity contribution in [3.8, 4) is 0 Å². The molecule has 1 N–H and O–H groups in total. The Morgan fingerprint density at radius 2 is 2.31 bits per heavy atom. The highest BCUT2D eigenvalue weighted by atomic mass is 16.4. The molecule has 4 heteroatoms. The lowest BCUT2D eigenvalue weighted by atomic mass is 10.1. The smallest absolute Gasteiger partial charge is 0.303 e. The first kappa shape index (κ1) is 10.7. The van der Waals surface area contributed by atoms with E-state index in [2.05, 4.69) is 11.1 Å². The summed E-state index contributed by atoms with van der Waals surface area (Å²) in [6.07, 6.45) is 8.36. The molecule has 0 aliphatic carbocycles. The highest BCUT2D eigenvalue weighted by molar-refractivity contribution is 5.66. The van der Waals surface area contributed by atoms with Crippen molar-refractivity contribution in [2.45, 2.75) is 25.7 Å². The molecule has 16 heavy (non-hydrogen) atoms. The standard InChI is InChI=1S/C12H14N2O2/c15-12(16)6-2-1-4-10-5-3-7-14-9-13-8-11(10)14/h3,5,7-9H,1-2,4,6H2,(H,15,16). The van der Waals surface area contributed by atoms with Crippen LogP contribution in [0.5, 0.6) is 0 Å². The Balaban J connectivity index is 1.98. The molecule has 0 atom stereocenters. The predicted molar refractivity (Wildman–Crippen MR) is 60.4 cm³/mol. The topological polar surface area (TPSA) is 54.6 Å². The second-order valence-electron chi connectivity index (χ2n) is 3.82. The van der Waals surface area contributed by atoms with Gasteiger partial charge in [-0.1, -0.05) is 6.07 Å². The van der Waals surface area contributed by atoms with Gasteiger partial charge in [-0.3, -0.25) is 4.79 Å². The molecule has 0 unspecified atom stereocenters. The second kappa shape index (κ2) is 4.79. The van der Waals surface area contributed by atoms with Crippen molar-refractivity contribution in [1.29, 1.82) is 0 Å². The van der Waals surface area contributed by atoms with E-state index in [0.29, 0.717) is 0 Å². The number of hydrogen-bond acceptors (Lipinski definition) is 2. The van der Waals surface area contributed by atoms with Gasteiger partial charge >= 0.3 is 5.97 Å². The van der Waals surface area contributed by atoms with Gasteiger partial charge in [0.1, 0.15) is 0 Å². The van der Waals surface area contributed by atoms with Gasteiger partial charge in [0.25, 0.3) is 0 Å². The molecule has 0 bridgehead atoms. The summed E-state index contributed by atoms with van der Waals surface area (Å²) in [7, 11) is 0. The average molecular weight is 218 g/mol. The van der Waals surface area contributed by atoms with Gasteiger partial charge in [0.05, 0.1) is 18.0 Å². The van der Waals surface area contributed by atoms with Gasteiger partial charge in [0.15, 0.2) is 0 Å². The minimum atomic E-state index is -0.720. The molecule has 0 aliphatic rings. The number of aliphatic carboxylic acids is 1. The summed E-state index contributed by atoms with van der Waals surface area (Å²) in [5, 5.41) is 8.54. The summed E-state index contributed by atoms with van der Waals surface area (Å²) < 4.78 is 1.98. The van der Waals surface area contributed by atoms with Crippen LogP contribution in [0.25, 0.3) is 5.52 Å². The first-order chi connectivity index (χ1) is 7.77. The van der Waals surface area contributed by atoms with Gasteiger partial charge in [-0.2, -0.15) is 0 Å². The van der Waals surface area contributed by atoms with Gasteiger partial charge in [-0.25, -0.2) is 4.98 Å². The van der Waals surface area contributed by atoms with Gasteiger partial charge < -0.3 is 9.51 Å². The molecular weight excluding hydrogens is 204 g/mol. The molecule has 0 amide bonds. The minimum absolute atomic E-state index is 0.252. The van der Waals surface area contributed by atoms with Crippen LogP contribution in [0.4, 0.5) is 0 Å². The van der Waals surface area contributed by atoms with Crippen LogP contribution >= 0.6 is 0 Å². The molecule has 0 saturated heterocycles. The highest BCUT2D eigenvalue weighted by Crippen LogP contribution is 2.13. The van der Waals surface area contributed by atoms with E-state index in [-0.39, 0.29) is 6.42 Å². The molecule has 4 nitrogen and oxygen atoms in total. The first-order valence-corrected chi connectivity index (χ1v) is 5.39. The lowest BCUT2D eigenvalue weighted by Gasteiger charge is -2.03. The van der Waals surface area contributed by atoms with Crippen LogP contribution in [0.3, 0.4) is 0 Å². The zero-order chi connectivity index (χ0) is 11.4. The monoisotopic (exact) mass is 218 g/mol. The number of hydrogen-bond donors (Lipinski definition) is 1. The number of rotatable bonds is 5. The predicted octanol–water partition coefficient (Wildman–Crippen LogP) is 2.13. The van der Waals surface area contributed by atoms with Crippen molar-refractivity contribution >= 4 is 11.5 Å². The molecule has 2 aromatic rings. The summed E-state index contributed by atoms with van der Waals surface area (Å²) in [6.45, 7) is 0. The Morgan fingerprint density at radius 1 is 1.44 bits per heavy atom. The summed E-state index contributed by atoms with van der Waals surface area (Å²) in [5.41, 5.74) is 2.34. The SMILES string of the molecule is O=C(O)CCCCc1cccn2cncc12. The molecule has 0 saturated carbocycles. The van der Waals surface area contributed by atoms with Crippen molar-refractivity contribution < 1.29 is 9.90 Å². The van der Waals surface area contributed by atoms with Gasteiger partial charge in [0.2, 0.25) is 0 Å². The van der Waals surface area contributed by atoms with Crippen LogP contribution in [0.1, 0.15) is 24.8 Å². The maximum Gasteiger partial charge on any atom is 0.303 e. The van der Waals surface area contributed by atoms with Crippen LogP contribution in [0.2, 0.25) is 0 Å². The molecule has 0 spiro atoms. The van der Waals surface area contributed by atoms with E-state index in [1.165, 1.54) is 5.56 Å². The van der Waals surface area contributed by atoms with E-state index in [0.717, 1.165) is 24.8 Å². The van der Waals surface area contributed by atoms with E-state index in [9.17, 15) is 4.79 Å². The summed E-state index contributed by atoms with van der Waals surface area (Å²) in [5.74, 6) is -0.720. The quantitative estimate of drug-likeness (QED) is 0.782. The van der Waals surface area contributed by atoms with E-state index >= 15 is 0 Å². The van der Waals surface area contributed by atoms with Gasteiger partial charge in [0, 0.05) is 12.6 Å². The number of carbonyl (C=O) groups is 1. The molecular formula is C12H14N2O2. The number of imidazole rings is 1. The van der Waals surface area contributed by atoms with E-state index < -0.39 is 5.97 Å². The lowest BCUT2D eigenvalue weighted by molar-refractivity contribution is -0.137. The number of carboxylic acids is 1. The first-order valence-electron chi connectivity index (χ1n) is 5.39. The van der Waals surface area contributed by atoms with Crippen LogP contribution in [0, 0.1) is 0 Å². The average Bonchev–Trinajstić information content (AvgIpc) is 2.72. The van der Waals surface area contributed by atoms with Crippen molar-refractivity contribution in [2.24, 2.45) is 0 Å². The Labute approximate surface area is 93.5 Å². The third-order valence-electron chi connectivity index (χ3n) is 2.63. The van der Waals surface area contributed by atoms with E-state index in [4.69, 9.17) is 5.11 Å². The molecule has 84 valence electrons. The molecule has 0 fully saturated rings. The van der Waals surface area contributed by atoms with Crippen molar-refractivity contribution in [3.05, 3.63) is 36.4 Å². The largest absolute Gasteiger partial charge is 0.481 e. The number of pyridine rings is 1. The Hall–Kier alpha value is -1.84. The molecule has 0 aliphatic heterocycles. The maximum atomic E-state index is 10.4. The van der Waals surface area contributed by atoms with Crippen molar-refractivity contribution in [1.82, 2.24) is 9.38 Å². The summed E-state index contributed by atoms with van der Waals surface area (Å²) in [6, 6.07) is 4.05. The number of fused-ring (bicyclic) bond motifs is 1. The number of nitrogens with zero attached hydrogens (tertiary/aromatic N) is 2. The highest BCUT2D eigenvalue weighted by Gasteiger charge is 2.02. The summed E-state index contributed by atoms with van der Waals surface area (Å²) >= 11 is 0. The fourth-order valence-corrected chi connectivity index (χ4v) is 1.81. The normalized spacial score (nSPS) is 10.8. The maximum absolute atomic E-state index is 10.4. The van der Waals surface area contributed by atoms with Crippen molar-refractivity contribution in [2.75, 3.05) is 0 Å².